The van der Waals surface area contributed by atoms with E-state index in [1.807, 2.05) is 12.3 Å². The number of aryl methyl sites for hydroxylation is 1. The summed E-state index contributed by atoms with van der Waals surface area (Å²) in [5.41, 5.74) is 7.44. The molecule has 4 heterocycles. The number of anilines is 1. The van der Waals surface area contributed by atoms with Gasteiger partial charge in [0.1, 0.15) is 0 Å². The van der Waals surface area contributed by atoms with Gasteiger partial charge >= 0.3 is 0 Å². The molecule has 156 valence electrons. The third-order valence-electron chi connectivity index (χ3n) is 6.50. The number of hydrogen-bond acceptors (Lipinski definition) is 5. The van der Waals surface area contributed by atoms with Crippen LogP contribution < -0.4 is 15.5 Å². The molecule has 0 amide bonds. The normalized spacial score (nSPS) is 21.6. The molecule has 3 aromatic rings. The standard InChI is InChI=1S/C25H31N5/c1-17-12-21(28-14-20-7-6-19-13-26-11-9-23(19)29-20)16-30(15-17)24-8-5-18(2)25-22(24)4-3-10-27-25/h3-8,10,17,21,26,28H,9,11-16H2,1-2H3/t17-,21+/m0/s1. The molecule has 30 heavy (non-hydrogen) atoms. The molecule has 5 rings (SSSR count). The van der Waals surface area contributed by atoms with E-state index in [-0.39, 0.29) is 0 Å². The number of rotatable bonds is 4. The molecule has 0 unspecified atom stereocenters. The van der Waals surface area contributed by atoms with Gasteiger partial charge in [-0.25, -0.2) is 0 Å². The van der Waals surface area contributed by atoms with Crippen molar-refractivity contribution in [2.24, 2.45) is 5.92 Å². The molecule has 0 radical (unpaired) electrons. The summed E-state index contributed by atoms with van der Waals surface area (Å²) in [5.74, 6) is 0.645. The Bertz CT molecular complexity index is 1050. The van der Waals surface area contributed by atoms with E-state index in [1.54, 1.807) is 0 Å². The van der Waals surface area contributed by atoms with Crippen molar-refractivity contribution >= 4 is 16.6 Å². The number of piperidine rings is 1. The van der Waals surface area contributed by atoms with E-state index < -0.39 is 0 Å². The van der Waals surface area contributed by atoms with Crippen LogP contribution in [0.3, 0.4) is 0 Å². The molecule has 1 saturated heterocycles. The van der Waals surface area contributed by atoms with E-state index in [0.717, 1.165) is 50.4 Å². The molecule has 0 bridgehead atoms. The summed E-state index contributed by atoms with van der Waals surface area (Å²) in [6.45, 7) is 9.43. The average Bonchev–Trinajstić information content (AvgIpc) is 2.77. The number of pyridine rings is 2. The first-order chi connectivity index (χ1) is 14.7. The van der Waals surface area contributed by atoms with Crippen LogP contribution in [-0.4, -0.2) is 35.6 Å². The van der Waals surface area contributed by atoms with E-state index in [0.29, 0.717) is 12.0 Å². The fraction of sp³-hybridized carbons (Fsp3) is 0.440. The Kier molecular flexibility index (Phi) is 5.40. The van der Waals surface area contributed by atoms with Crippen LogP contribution in [0.5, 0.6) is 0 Å². The maximum Gasteiger partial charge on any atom is 0.0751 e. The Balaban J connectivity index is 1.32. The lowest BCUT2D eigenvalue weighted by Crippen LogP contribution is -2.48. The number of fused-ring (bicyclic) bond motifs is 2. The first kappa shape index (κ1) is 19.5. The number of nitrogens with zero attached hydrogens (tertiary/aromatic N) is 3. The third kappa shape index (κ3) is 3.92. The van der Waals surface area contributed by atoms with Crippen molar-refractivity contribution in [2.45, 2.75) is 45.8 Å². The Morgan fingerprint density at radius 3 is 3.03 bits per heavy atom. The van der Waals surface area contributed by atoms with Gasteiger partial charge in [-0.05, 0) is 54.7 Å². The summed E-state index contributed by atoms with van der Waals surface area (Å²) >= 11 is 0. The Hall–Kier alpha value is -2.50. The molecular weight excluding hydrogens is 370 g/mol. The summed E-state index contributed by atoms with van der Waals surface area (Å²) in [7, 11) is 0. The Morgan fingerprint density at radius 2 is 2.10 bits per heavy atom. The Labute approximate surface area is 178 Å². The minimum absolute atomic E-state index is 0.460. The lowest BCUT2D eigenvalue weighted by Gasteiger charge is -2.39. The SMILES string of the molecule is Cc1ccc(N2C[C@@H](C)C[C@@H](NCc3ccc4c(n3)CCNC4)C2)c2cccnc12. The fourth-order valence-electron chi connectivity index (χ4n) is 5.00. The molecule has 5 heteroatoms. The molecule has 0 spiro atoms. The topological polar surface area (TPSA) is 53.1 Å². The molecule has 1 fully saturated rings. The molecule has 0 saturated carbocycles. The van der Waals surface area contributed by atoms with E-state index in [2.05, 4.69) is 64.7 Å². The van der Waals surface area contributed by atoms with Crippen molar-refractivity contribution in [3.05, 3.63) is 65.1 Å². The van der Waals surface area contributed by atoms with Gasteiger partial charge in [-0.3, -0.25) is 9.97 Å². The highest BCUT2D eigenvalue weighted by Crippen LogP contribution is 2.31. The van der Waals surface area contributed by atoms with Crippen molar-refractivity contribution in [2.75, 3.05) is 24.5 Å². The second-order valence-electron chi connectivity index (χ2n) is 8.96. The number of hydrogen-bond donors (Lipinski definition) is 2. The van der Waals surface area contributed by atoms with Gasteiger partial charge in [-0.15, -0.1) is 0 Å². The van der Waals surface area contributed by atoms with Crippen LogP contribution in [0.4, 0.5) is 5.69 Å². The van der Waals surface area contributed by atoms with Crippen molar-refractivity contribution in [1.29, 1.82) is 0 Å². The number of nitrogens with one attached hydrogen (secondary N) is 2. The van der Waals surface area contributed by atoms with Crippen molar-refractivity contribution in [3.63, 3.8) is 0 Å². The number of benzene rings is 1. The van der Waals surface area contributed by atoms with Crippen molar-refractivity contribution < 1.29 is 0 Å². The van der Waals surface area contributed by atoms with E-state index in [4.69, 9.17) is 4.98 Å². The maximum absolute atomic E-state index is 4.92. The number of aromatic nitrogens is 2. The minimum Gasteiger partial charge on any atom is -0.369 e. The van der Waals surface area contributed by atoms with Gasteiger partial charge in [-0.1, -0.05) is 19.1 Å². The first-order valence-electron chi connectivity index (χ1n) is 11.2. The lowest BCUT2D eigenvalue weighted by atomic mass is 9.94. The van der Waals surface area contributed by atoms with Crippen LogP contribution in [0.25, 0.3) is 10.9 Å². The average molecular weight is 402 g/mol. The Morgan fingerprint density at radius 1 is 1.17 bits per heavy atom. The van der Waals surface area contributed by atoms with Crippen LogP contribution in [0.2, 0.25) is 0 Å². The van der Waals surface area contributed by atoms with Gasteiger partial charge in [0, 0.05) is 68.2 Å². The highest BCUT2D eigenvalue weighted by Gasteiger charge is 2.26. The smallest absolute Gasteiger partial charge is 0.0751 e. The lowest BCUT2D eigenvalue weighted by molar-refractivity contribution is 0.349. The van der Waals surface area contributed by atoms with E-state index >= 15 is 0 Å². The molecule has 2 aliphatic heterocycles. The molecule has 2 N–H and O–H groups in total. The zero-order valence-electron chi connectivity index (χ0n) is 18.0. The van der Waals surface area contributed by atoms with Gasteiger partial charge in [0.2, 0.25) is 0 Å². The maximum atomic E-state index is 4.92. The van der Waals surface area contributed by atoms with E-state index in [9.17, 15) is 0 Å². The largest absolute Gasteiger partial charge is 0.369 e. The monoisotopic (exact) mass is 401 g/mol. The van der Waals surface area contributed by atoms with Crippen LogP contribution in [0, 0.1) is 12.8 Å². The second kappa shape index (κ2) is 8.32. The first-order valence-corrected chi connectivity index (χ1v) is 11.2. The van der Waals surface area contributed by atoms with Gasteiger partial charge in [-0.2, -0.15) is 0 Å². The molecule has 0 aliphatic carbocycles. The molecular formula is C25H31N5. The highest BCUT2D eigenvalue weighted by atomic mass is 15.2. The predicted molar refractivity (Wildman–Crippen MR) is 123 cm³/mol. The quantitative estimate of drug-likeness (QED) is 0.700. The highest BCUT2D eigenvalue weighted by molar-refractivity contribution is 5.93. The third-order valence-corrected chi connectivity index (χ3v) is 6.50. The minimum atomic E-state index is 0.460. The van der Waals surface area contributed by atoms with Crippen LogP contribution in [0.1, 0.15) is 35.9 Å². The molecule has 1 aromatic carbocycles. The molecule has 5 nitrogen and oxygen atoms in total. The van der Waals surface area contributed by atoms with Gasteiger partial charge in [0.15, 0.2) is 0 Å². The zero-order chi connectivity index (χ0) is 20.5. The van der Waals surface area contributed by atoms with E-state index in [1.165, 1.54) is 34.3 Å². The predicted octanol–water partition coefficient (Wildman–Crippen LogP) is 3.59. The molecule has 2 atom stereocenters. The van der Waals surface area contributed by atoms with Crippen LogP contribution in [-0.2, 0) is 19.5 Å². The van der Waals surface area contributed by atoms with Crippen molar-refractivity contribution in [1.82, 2.24) is 20.6 Å². The molecule has 2 aliphatic rings. The fourth-order valence-corrected chi connectivity index (χ4v) is 5.00. The summed E-state index contributed by atoms with van der Waals surface area (Å²) in [4.78, 5) is 12.1. The van der Waals surface area contributed by atoms with Gasteiger partial charge in [0.05, 0.1) is 11.2 Å². The summed E-state index contributed by atoms with van der Waals surface area (Å²) in [5, 5.41) is 8.48. The summed E-state index contributed by atoms with van der Waals surface area (Å²) in [6, 6.07) is 13.6. The summed E-state index contributed by atoms with van der Waals surface area (Å²) in [6.07, 6.45) is 4.13. The summed E-state index contributed by atoms with van der Waals surface area (Å²) < 4.78 is 0. The van der Waals surface area contributed by atoms with Crippen LogP contribution >= 0.6 is 0 Å². The molecule has 2 aromatic heterocycles. The van der Waals surface area contributed by atoms with Gasteiger partial charge < -0.3 is 15.5 Å². The van der Waals surface area contributed by atoms with Crippen LogP contribution in [0.15, 0.2) is 42.6 Å². The van der Waals surface area contributed by atoms with Gasteiger partial charge in [0.25, 0.3) is 0 Å². The van der Waals surface area contributed by atoms with Crippen molar-refractivity contribution in [3.8, 4) is 0 Å². The zero-order valence-corrected chi connectivity index (χ0v) is 18.0. The second-order valence-corrected chi connectivity index (χ2v) is 8.96.